The van der Waals surface area contributed by atoms with Crippen LogP contribution in [0.3, 0.4) is 0 Å². The standard InChI is InChI=1S/C13H18N2O2/c1-9-6-10(2)8-15(7-9)12-11(13(16)17)4-3-5-14-12/h3-5,9-10H,6-8H2,1-2H3,(H,16,17)/t9-,10-/m0/s1. The first-order chi connectivity index (χ1) is 8.08. The highest BCUT2D eigenvalue weighted by Crippen LogP contribution is 2.26. The lowest BCUT2D eigenvalue weighted by Gasteiger charge is -2.36. The number of hydrogen-bond donors (Lipinski definition) is 1. The first-order valence-electron chi connectivity index (χ1n) is 6.01. The Bertz CT molecular complexity index is 410. The third-order valence-corrected chi connectivity index (χ3v) is 3.19. The van der Waals surface area contributed by atoms with E-state index in [-0.39, 0.29) is 0 Å². The van der Waals surface area contributed by atoms with Crippen molar-refractivity contribution < 1.29 is 9.90 Å². The van der Waals surface area contributed by atoms with Gasteiger partial charge in [0.25, 0.3) is 0 Å². The van der Waals surface area contributed by atoms with Gasteiger partial charge in [-0.05, 0) is 30.4 Å². The molecule has 17 heavy (non-hydrogen) atoms. The van der Waals surface area contributed by atoms with Gasteiger partial charge >= 0.3 is 5.97 Å². The second kappa shape index (κ2) is 4.73. The van der Waals surface area contributed by atoms with Crippen LogP contribution in [0.5, 0.6) is 0 Å². The Balaban J connectivity index is 2.30. The van der Waals surface area contributed by atoms with Crippen molar-refractivity contribution in [2.45, 2.75) is 20.3 Å². The molecule has 92 valence electrons. The number of pyridine rings is 1. The van der Waals surface area contributed by atoms with Crippen molar-refractivity contribution in [2.75, 3.05) is 18.0 Å². The third-order valence-electron chi connectivity index (χ3n) is 3.19. The van der Waals surface area contributed by atoms with E-state index in [1.165, 1.54) is 6.42 Å². The van der Waals surface area contributed by atoms with Gasteiger partial charge in [0.15, 0.2) is 0 Å². The van der Waals surface area contributed by atoms with Gasteiger partial charge in [0.05, 0.1) is 0 Å². The number of rotatable bonds is 2. The topological polar surface area (TPSA) is 53.4 Å². The monoisotopic (exact) mass is 234 g/mol. The van der Waals surface area contributed by atoms with Gasteiger partial charge in [0.2, 0.25) is 0 Å². The quantitative estimate of drug-likeness (QED) is 0.852. The molecule has 1 aromatic rings. The van der Waals surface area contributed by atoms with E-state index in [1.807, 2.05) is 0 Å². The number of nitrogens with zero attached hydrogens (tertiary/aromatic N) is 2. The molecule has 1 aliphatic heterocycles. The molecule has 1 N–H and O–H groups in total. The molecule has 1 saturated heterocycles. The summed E-state index contributed by atoms with van der Waals surface area (Å²) in [6, 6.07) is 3.29. The molecular weight excluding hydrogens is 216 g/mol. The number of hydrogen-bond acceptors (Lipinski definition) is 3. The summed E-state index contributed by atoms with van der Waals surface area (Å²) in [5.41, 5.74) is 0.300. The summed E-state index contributed by atoms with van der Waals surface area (Å²) in [6.07, 6.45) is 2.86. The Morgan fingerprint density at radius 2 is 2.06 bits per heavy atom. The molecule has 0 spiro atoms. The average molecular weight is 234 g/mol. The second-order valence-corrected chi connectivity index (χ2v) is 5.03. The lowest BCUT2D eigenvalue weighted by molar-refractivity contribution is 0.0697. The van der Waals surface area contributed by atoms with Gasteiger partial charge in [0, 0.05) is 19.3 Å². The van der Waals surface area contributed by atoms with Crippen molar-refractivity contribution in [3.63, 3.8) is 0 Å². The number of aromatic carboxylic acids is 1. The van der Waals surface area contributed by atoms with E-state index in [0.717, 1.165) is 13.1 Å². The number of aromatic nitrogens is 1. The number of carbonyl (C=O) groups is 1. The first-order valence-corrected chi connectivity index (χ1v) is 6.01. The summed E-state index contributed by atoms with van der Waals surface area (Å²) in [5.74, 6) is 0.877. The molecule has 4 nitrogen and oxygen atoms in total. The highest BCUT2D eigenvalue weighted by Gasteiger charge is 2.25. The molecule has 0 aromatic carbocycles. The largest absolute Gasteiger partial charge is 0.478 e. The Morgan fingerprint density at radius 3 is 2.65 bits per heavy atom. The lowest BCUT2D eigenvalue weighted by atomic mass is 9.91. The maximum absolute atomic E-state index is 11.2. The summed E-state index contributed by atoms with van der Waals surface area (Å²) >= 11 is 0. The van der Waals surface area contributed by atoms with Crippen LogP contribution < -0.4 is 4.90 Å². The maximum Gasteiger partial charge on any atom is 0.339 e. The minimum atomic E-state index is -0.904. The zero-order valence-corrected chi connectivity index (χ0v) is 10.3. The minimum Gasteiger partial charge on any atom is -0.478 e. The number of anilines is 1. The number of carboxylic acids is 1. The van der Waals surface area contributed by atoms with Crippen molar-refractivity contribution in [2.24, 2.45) is 11.8 Å². The molecule has 0 bridgehead atoms. The molecule has 0 aliphatic carbocycles. The van der Waals surface area contributed by atoms with Crippen molar-refractivity contribution >= 4 is 11.8 Å². The molecule has 1 aliphatic rings. The van der Waals surface area contributed by atoms with Crippen molar-refractivity contribution in [1.82, 2.24) is 4.98 Å². The second-order valence-electron chi connectivity index (χ2n) is 5.03. The van der Waals surface area contributed by atoms with Gasteiger partial charge in [0.1, 0.15) is 11.4 Å². The summed E-state index contributed by atoms with van der Waals surface area (Å²) in [7, 11) is 0. The van der Waals surface area contributed by atoms with E-state index in [2.05, 4.69) is 23.7 Å². The van der Waals surface area contributed by atoms with Crippen molar-refractivity contribution in [3.05, 3.63) is 23.9 Å². The summed E-state index contributed by atoms with van der Waals surface area (Å²) in [5, 5.41) is 9.16. The molecule has 1 aromatic heterocycles. The zero-order chi connectivity index (χ0) is 12.4. The third kappa shape index (κ3) is 2.57. The van der Waals surface area contributed by atoms with E-state index >= 15 is 0 Å². The number of piperidine rings is 1. The van der Waals surface area contributed by atoms with Gasteiger partial charge in [-0.15, -0.1) is 0 Å². The predicted octanol–water partition coefficient (Wildman–Crippen LogP) is 2.26. The van der Waals surface area contributed by atoms with Gasteiger partial charge in [-0.3, -0.25) is 0 Å². The Morgan fingerprint density at radius 1 is 1.41 bits per heavy atom. The Hall–Kier alpha value is -1.58. The van der Waals surface area contributed by atoms with Crippen LogP contribution in [0.4, 0.5) is 5.82 Å². The number of carboxylic acid groups (broad SMARTS) is 1. The molecule has 2 rings (SSSR count). The molecular formula is C13H18N2O2. The van der Waals surface area contributed by atoms with Gasteiger partial charge < -0.3 is 10.0 Å². The molecule has 0 saturated carbocycles. The minimum absolute atomic E-state index is 0.300. The predicted molar refractivity (Wildman–Crippen MR) is 66.4 cm³/mol. The Labute approximate surface area is 101 Å². The lowest BCUT2D eigenvalue weighted by Crippen LogP contribution is -2.40. The molecule has 1 fully saturated rings. The highest BCUT2D eigenvalue weighted by atomic mass is 16.4. The van der Waals surface area contributed by atoms with Crippen LogP contribution in [-0.2, 0) is 0 Å². The molecule has 2 heterocycles. The first kappa shape index (κ1) is 11.9. The summed E-state index contributed by atoms with van der Waals surface area (Å²) in [4.78, 5) is 17.5. The van der Waals surface area contributed by atoms with Crippen molar-refractivity contribution in [1.29, 1.82) is 0 Å². The Kier molecular flexibility index (Phi) is 3.31. The zero-order valence-electron chi connectivity index (χ0n) is 10.3. The van der Waals surface area contributed by atoms with Crippen LogP contribution in [0.15, 0.2) is 18.3 Å². The average Bonchev–Trinajstić information content (AvgIpc) is 2.27. The summed E-state index contributed by atoms with van der Waals surface area (Å²) < 4.78 is 0. The van der Waals surface area contributed by atoms with Crippen LogP contribution in [-0.4, -0.2) is 29.1 Å². The highest BCUT2D eigenvalue weighted by molar-refractivity contribution is 5.93. The fraction of sp³-hybridized carbons (Fsp3) is 0.538. The van der Waals surface area contributed by atoms with Crippen LogP contribution in [0.2, 0.25) is 0 Å². The van der Waals surface area contributed by atoms with E-state index < -0.39 is 5.97 Å². The molecule has 4 heteroatoms. The fourth-order valence-electron chi connectivity index (χ4n) is 2.65. The van der Waals surface area contributed by atoms with Crippen LogP contribution in [0.25, 0.3) is 0 Å². The van der Waals surface area contributed by atoms with Crippen LogP contribution in [0.1, 0.15) is 30.6 Å². The van der Waals surface area contributed by atoms with Crippen LogP contribution >= 0.6 is 0 Å². The smallest absolute Gasteiger partial charge is 0.339 e. The molecule has 2 atom stereocenters. The molecule has 0 radical (unpaired) electrons. The summed E-state index contributed by atoms with van der Waals surface area (Å²) in [6.45, 7) is 6.18. The maximum atomic E-state index is 11.2. The van der Waals surface area contributed by atoms with E-state index in [4.69, 9.17) is 5.11 Å². The molecule has 0 unspecified atom stereocenters. The van der Waals surface area contributed by atoms with E-state index in [1.54, 1.807) is 18.3 Å². The van der Waals surface area contributed by atoms with Gasteiger partial charge in [-0.25, -0.2) is 9.78 Å². The fourth-order valence-corrected chi connectivity index (χ4v) is 2.65. The van der Waals surface area contributed by atoms with Crippen LogP contribution in [0, 0.1) is 11.8 Å². The van der Waals surface area contributed by atoms with Gasteiger partial charge in [-0.1, -0.05) is 13.8 Å². The van der Waals surface area contributed by atoms with Crippen molar-refractivity contribution in [3.8, 4) is 0 Å². The normalized spacial score (nSPS) is 24.7. The van der Waals surface area contributed by atoms with Gasteiger partial charge in [-0.2, -0.15) is 0 Å². The van der Waals surface area contributed by atoms with E-state index in [0.29, 0.717) is 23.2 Å². The molecule has 0 amide bonds. The van der Waals surface area contributed by atoms with E-state index in [9.17, 15) is 4.79 Å². The SMILES string of the molecule is C[C@H]1C[C@H](C)CN(c2ncccc2C(=O)O)C1.